The number of hydrogen-bond donors (Lipinski definition) is 1. The molecule has 0 aliphatic carbocycles. The Kier molecular flexibility index (Phi) is 3.55. The highest BCUT2D eigenvalue weighted by Gasteiger charge is 2.14. The van der Waals surface area contributed by atoms with E-state index in [4.69, 9.17) is 12.2 Å². The standard InChI is InChI=1S/C14H16N4S/c19-14(18-7-2-1-3-8-18)17-13-6-4-5-11-9-15-16-10-12(11)13/h4-6,9-10H,1-3,7-8H2,(H,17,19). The van der Waals surface area contributed by atoms with E-state index in [9.17, 15) is 0 Å². The Balaban J connectivity index is 1.82. The van der Waals surface area contributed by atoms with Crippen molar-refractivity contribution >= 4 is 33.8 Å². The van der Waals surface area contributed by atoms with Gasteiger partial charge in [0.1, 0.15) is 0 Å². The van der Waals surface area contributed by atoms with E-state index in [2.05, 4.69) is 20.4 Å². The highest BCUT2D eigenvalue weighted by Crippen LogP contribution is 2.22. The molecule has 1 aromatic heterocycles. The van der Waals surface area contributed by atoms with Crippen molar-refractivity contribution in [2.75, 3.05) is 18.4 Å². The average molecular weight is 272 g/mol. The van der Waals surface area contributed by atoms with E-state index < -0.39 is 0 Å². The number of nitrogens with one attached hydrogen (secondary N) is 1. The predicted octanol–water partition coefficient (Wildman–Crippen LogP) is 2.81. The largest absolute Gasteiger partial charge is 0.349 e. The van der Waals surface area contributed by atoms with Crippen LogP contribution in [0.4, 0.5) is 5.69 Å². The molecular weight excluding hydrogens is 256 g/mol. The number of piperidine rings is 1. The third-order valence-electron chi connectivity index (χ3n) is 3.48. The second kappa shape index (κ2) is 5.48. The minimum atomic E-state index is 0.809. The first kappa shape index (κ1) is 12.3. The molecule has 1 aliphatic heterocycles. The van der Waals surface area contributed by atoms with Crippen LogP contribution in [-0.2, 0) is 0 Å². The minimum Gasteiger partial charge on any atom is -0.349 e. The molecule has 1 fully saturated rings. The summed E-state index contributed by atoms with van der Waals surface area (Å²) in [7, 11) is 0. The highest BCUT2D eigenvalue weighted by atomic mass is 32.1. The molecule has 0 spiro atoms. The van der Waals surface area contributed by atoms with Gasteiger partial charge in [-0.1, -0.05) is 12.1 Å². The van der Waals surface area contributed by atoms with Gasteiger partial charge in [-0.05, 0) is 37.5 Å². The Hall–Kier alpha value is -1.75. The van der Waals surface area contributed by atoms with Gasteiger partial charge in [0, 0.05) is 29.5 Å². The number of likely N-dealkylation sites (tertiary alicyclic amines) is 1. The van der Waals surface area contributed by atoms with E-state index in [0.29, 0.717) is 0 Å². The highest BCUT2D eigenvalue weighted by molar-refractivity contribution is 7.80. The van der Waals surface area contributed by atoms with Crippen LogP contribution >= 0.6 is 12.2 Å². The summed E-state index contributed by atoms with van der Waals surface area (Å²) >= 11 is 5.50. The molecule has 1 saturated heterocycles. The Morgan fingerprint density at radius 2 is 1.89 bits per heavy atom. The first-order valence-electron chi connectivity index (χ1n) is 6.60. The van der Waals surface area contributed by atoms with Gasteiger partial charge in [0.15, 0.2) is 5.11 Å². The van der Waals surface area contributed by atoms with Crippen LogP contribution in [0, 0.1) is 0 Å². The van der Waals surface area contributed by atoms with E-state index in [1.807, 2.05) is 18.2 Å². The van der Waals surface area contributed by atoms with Crippen LogP contribution in [-0.4, -0.2) is 33.3 Å². The van der Waals surface area contributed by atoms with E-state index in [1.54, 1.807) is 12.4 Å². The molecular formula is C14H16N4S. The molecule has 3 rings (SSSR count). The third-order valence-corrected chi connectivity index (χ3v) is 3.84. The van der Waals surface area contributed by atoms with Crippen molar-refractivity contribution in [3.8, 4) is 0 Å². The number of thiocarbonyl (C=S) groups is 1. The molecule has 0 radical (unpaired) electrons. The summed E-state index contributed by atoms with van der Waals surface area (Å²) in [5, 5.41) is 14.1. The van der Waals surface area contributed by atoms with Gasteiger partial charge < -0.3 is 10.2 Å². The number of benzene rings is 1. The smallest absolute Gasteiger partial charge is 0.173 e. The molecule has 5 heteroatoms. The Bertz CT molecular complexity index is 588. The first-order valence-corrected chi connectivity index (χ1v) is 7.01. The quantitative estimate of drug-likeness (QED) is 0.808. The molecule has 2 heterocycles. The number of nitrogens with zero attached hydrogens (tertiary/aromatic N) is 3. The molecule has 4 nitrogen and oxygen atoms in total. The molecule has 1 N–H and O–H groups in total. The van der Waals surface area contributed by atoms with Gasteiger partial charge in [0.2, 0.25) is 0 Å². The lowest BCUT2D eigenvalue weighted by atomic mass is 10.1. The van der Waals surface area contributed by atoms with Crippen LogP contribution in [0.5, 0.6) is 0 Å². The van der Waals surface area contributed by atoms with E-state index in [0.717, 1.165) is 34.7 Å². The normalized spacial score (nSPS) is 15.5. The second-order valence-electron chi connectivity index (χ2n) is 4.78. The summed E-state index contributed by atoms with van der Waals surface area (Å²) in [6.07, 6.45) is 7.30. The molecule has 98 valence electrons. The molecule has 0 amide bonds. The molecule has 0 saturated carbocycles. The lowest BCUT2D eigenvalue weighted by Gasteiger charge is -2.29. The molecule has 19 heavy (non-hydrogen) atoms. The average Bonchev–Trinajstić information content (AvgIpc) is 2.48. The summed E-state index contributed by atoms with van der Waals surface area (Å²) in [6.45, 7) is 2.10. The zero-order valence-corrected chi connectivity index (χ0v) is 11.5. The number of rotatable bonds is 1. The second-order valence-corrected chi connectivity index (χ2v) is 5.16. The van der Waals surface area contributed by atoms with Gasteiger partial charge in [-0.15, -0.1) is 0 Å². The fourth-order valence-corrected chi connectivity index (χ4v) is 2.72. The molecule has 2 aromatic rings. The van der Waals surface area contributed by atoms with Crippen molar-refractivity contribution in [1.82, 2.24) is 15.1 Å². The van der Waals surface area contributed by atoms with Gasteiger partial charge >= 0.3 is 0 Å². The maximum Gasteiger partial charge on any atom is 0.173 e. The Labute approximate surface area is 117 Å². The minimum absolute atomic E-state index is 0.809. The lowest BCUT2D eigenvalue weighted by Crippen LogP contribution is -2.38. The molecule has 0 bridgehead atoms. The molecule has 0 atom stereocenters. The Morgan fingerprint density at radius 3 is 2.74 bits per heavy atom. The van der Waals surface area contributed by atoms with Gasteiger partial charge in [-0.25, -0.2) is 0 Å². The van der Waals surface area contributed by atoms with Crippen LogP contribution in [0.15, 0.2) is 30.6 Å². The molecule has 1 aliphatic rings. The fourth-order valence-electron chi connectivity index (χ4n) is 2.43. The van der Waals surface area contributed by atoms with E-state index in [1.165, 1.54) is 19.3 Å². The summed E-state index contributed by atoms with van der Waals surface area (Å²) in [4.78, 5) is 2.24. The van der Waals surface area contributed by atoms with Gasteiger partial charge in [-0.2, -0.15) is 10.2 Å². The van der Waals surface area contributed by atoms with Crippen molar-refractivity contribution in [3.63, 3.8) is 0 Å². The third kappa shape index (κ3) is 2.66. The zero-order chi connectivity index (χ0) is 13.1. The molecule has 1 aromatic carbocycles. The number of fused-ring (bicyclic) bond motifs is 1. The maximum absolute atomic E-state index is 5.50. The number of hydrogen-bond acceptors (Lipinski definition) is 3. The summed E-state index contributed by atoms with van der Waals surface area (Å²) < 4.78 is 0. The summed E-state index contributed by atoms with van der Waals surface area (Å²) in [6, 6.07) is 6.06. The van der Waals surface area contributed by atoms with E-state index >= 15 is 0 Å². The van der Waals surface area contributed by atoms with Crippen LogP contribution in [0.3, 0.4) is 0 Å². The monoisotopic (exact) mass is 272 g/mol. The zero-order valence-electron chi connectivity index (χ0n) is 10.7. The number of anilines is 1. The molecule has 0 unspecified atom stereocenters. The lowest BCUT2D eigenvalue weighted by molar-refractivity contribution is 0.346. The van der Waals surface area contributed by atoms with E-state index in [-0.39, 0.29) is 0 Å². The predicted molar refractivity (Wildman–Crippen MR) is 81.2 cm³/mol. The van der Waals surface area contributed by atoms with Gasteiger partial charge in [0.25, 0.3) is 0 Å². The van der Waals surface area contributed by atoms with Crippen LogP contribution < -0.4 is 5.32 Å². The van der Waals surface area contributed by atoms with Crippen LogP contribution in [0.2, 0.25) is 0 Å². The van der Waals surface area contributed by atoms with Gasteiger partial charge in [-0.3, -0.25) is 0 Å². The van der Waals surface area contributed by atoms with Gasteiger partial charge in [0.05, 0.1) is 12.4 Å². The summed E-state index contributed by atoms with van der Waals surface area (Å²) in [5.41, 5.74) is 1.00. The topological polar surface area (TPSA) is 41.1 Å². The SMILES string of the molecule is S=C(Nc1cccc2cnncc12)N1CCCCC1. The Morgan fingerprint density at radius 1 is 1.11 bits per heavy atom. The van der Waals surface area contributed by atoms with Crippen molar-refractivity contribution < 1.29 is 0 Å². The van der Waals surface area contributed by atoms with Crippen LogP contribution in [0.25, 0.3) is 10.8 Å². The van der Waals surface area contributed by atoms with Crippen molar-refractivity contribution in [2.45, 2.75) is 19.3 Å². The van der Waals surface area contributed by atoms with Crippen LogP contribution in [0.1, 0.15) is 19.3 Å². The fraction of sp³-hybridized carbons (Fsp3) is 0.357. The van der Waals surface area contributed by atoms with Crippen molar-refractivity contribution in [1.29, 1.82) is 0 Å². The maximum atomic E-state index is 5.50. The summed E-state index contributed by atoms with van der Waals surface area (Å²) in [5.74, 6) is 0. The first-order chi connectivity index (χ1) is 9.34. The number of aromatic nitrogens is 2. The van der Waals surface area contributed by atoms with Crippen molar-refractivity contribution in [3.05, 3.63) is 30.6 Å². The van der Waals surface area contributed by atoms with Crippen molar-refractivity contribution in [2.24, 2.45) is 0 Å².